The summed E-state index contributed by atoms with van der Waals surface area (Å²) in [7, 11) is -3.78. The summed E-state index contributed by atoms with van der Waals surface area (Å²) in [5.74, 6) is -3.34. The van der Waals surface area contributed by atoms with Crippen LogP contribution in [0, 0.1) is 17.6 Å². The van der Waals surface area contributed by atoms with Gasteiger partial charge in [0, 0.05) is 36.4 Å². The Balaban J connectivity index is 1.32. The lowest BCUT2D eigenvalue weighted by Gasteiger charge is -2.17. The average Bonchev–Trinajstić information content (AvgIpc) is 3.46. The highest BCUT2D eigenvalue weighted by Crippen LogP contribution is 2.30. The van der Waals surface area contributed by atoms with Crippen LogP contribution in [0.15, 0.2) is 83.9 Å². The Bertz CT molecular complexity index is 1570. The minimum atomic E-state index is -3.78. The Kier molecular flexibility index (Phi) is 6.05. The van der Waals surface area contributed by atoms with Crippen LogP contribution in [0.4, 0.5) is 14.5 Å². The second-order valence-corrected chi connectivity index (χ2v) is 10.3. The molecule has 0 unspecified atom stereocenters. The number of carbonyl (C=O) groups is 2. The third kappa shape index (κ3) is 4.35. The van der Waals surface area contributed by atoms with Crippen LogP contribution in [-0.4, -0.2) is 30.7 Å². The van der Waals surface area contributed by atoms with Gasteiger partial charge >= 0.3 is 0 Å². The fourth-order valence-corrected chi connectivity index (χ4v) is 5.77. The number of hydrogen-bond donors (Lipinski definition) is 1. The summed E-state index contributed by atoms with van der Waals surface area (Å²) in [6.07, 6.45) is 1.75. The Morgan fingerprint density at radius 2 is 1.69 bits per heavy atom. The number of rotatable bonds is 6. The van der Waals surface area contributed by atoms with E-state index >= 15 is 0 Å². The predicted molar refractivity (Wildman–Crippen MR) is 130 cm³/mol. The van der Waals surface area contributed by atoms with E-state index < -0.39 is 39.4 Å². The van der Waals surface area contributed by atoms with Gasteiger partial charge in [-0.1, -0.05) is 18.2 Å². The fourth-order valence-electron chi connectivity index (χ4n) is 4.39. The maximum Gasteiger partial charge on any atom is 0.268 e. The number of anilines is 1. The molecule has 184 valence electrons. The van der Waals surface area contributed by atoms with E-state index in [0.29, 0.717) is 23.1 Å². The summed E-state index contributed by atoms with van der Waals surface area (Å²) in [6.45, 7) is 0.201. The smallest absolute Gasteiger partial charge is 0.268 e. The summed E-state index contributed by atoms with van der Waals surface area (Å²) in [5, 5.41) is 3.20. The van der Waals surface area contributed by atoms with Gasteiger partial charge in [0.05, 0.1) is 10.4 Å². The number of carbonyl (C=O) groups excluding carboxylic acids is 2. The summed E-state index contributed by atoms with van der Waals surface area (Å²) in [5.41, 5.74) is 1.26. The minimum Gasteiger partial charge on any atom is -0.351 e. The molecule has 0 bridgehead atoms. The number of aromatic nitrogens is 1. The quantitative estimate of drug-likeness (QED) is 0.400. The molecule has 10 heteroatoms. The van der Waals surface area contributed by atoms with E-state index in [4.69, 9.17) is 0 Å². The molecule has 0 radical (unpaired) electrons. The standard InChI is InChI=1S/C26H21F2N3O4S/c27-19-12-17(13-20(28)15-19)16-29-25(32)23-9-10-30(26(23)33)21-6-7-24-18(14-21)8-11-31(24)36(34,35)22-4-2-1-3-5-22/h1-8,11-15,23H,9-10,16H2,(H,29,32)/t23-/m1/s1. The maximum absolute atomic E-state index is 13.4. The van der Waals surface area contributed by atoms with Crippen molar-refractivity contribution in [3.63, 3.8) is 0 Å². The van der Waals surface area contributed by atoms with Gasteiger partial charge in [-0.05, 0) is 60.5 Å². The Morgan fingerprint density at radius 1 is 0.972 bits per heavy atom. The second-order valence-electron chi connectivity index (χ2n) is 8.50. The molecule has 4 aromatic rings. The zero-order valence-electron chi connectivity index (χ0n) is 18.9. The van der Waals surface area contributed by atoms with Gasteiger partial charge in [-0.15, -0.1) is 0 Å². The van der Waals surface area contributed by atoms with E-state index in [2.05, 4.69) is 5.32 Å². The molecule has 3 aromatic carbocycles. The minimum absolute atomic E-state index is 0.105. The molecule has 1 aliphatic heterocycles. The first-order valence-corrected chi connectivity index (χ1v) is 12.6. The van der Waals surface area contributed by atoms with Gasteiger partial charge < -0.3 is 10.2 Å². The zero-order valence-corrected chi connectivity index (χ0v) is 19.7. The lowest BCUT2D eigenvalue weighted by Crippen LogP contribution is -2.36. The highest BCUT2D eigenvalue weighted by atomic mass is 32.2. The van der Waals surface area contributed by atoms with Gasteiger partial charge in [-0.3, -0.25) is 9.59 Å². The Morgan fingerprint density at radius 3 is 2.42 bits per heavy atom. The largest absolute Gasteiger partial charge is 0.351 e. The van der Waals surface area contributed by atoms with Gasteiger partial charge in [-0.2, -0.15) is 0 Å². The first-order valence-electron chi connectivity index (χ1n) is 11.2. The van der Waals surface area contributed by atoms with Crippen molar-refractivity contribution >= 4 is 38.4 Å². The van der Waals surface area contributed by atoms with E-state index in [-0.39, 0.29) is 23.4 Å². The lowest BCUT2D eigenvalue weighted by atomic mass is 10.1. The van der Waals surface area contributed by atoms with Crippen molar-refractivity contribution in [3.05, 3.63) is 96.2 Å². The van der Waals surface area contributed by atoms with Crippen LogP contribution in [0.3, 0.4) is 0 Å². The van der Waals surface area contributed by atoms with Gasteiger partial charge in [-0.25, -0.2) is 21.2 Å². The topological polar surface area (TPSA) is 88.5 Å². The SMILES string of the molecule is O=C(NCc1cc(F)cc(F)c1)[C@H]1CCN(c2ccc3c(ccn3S(=O)(=O)c3ccccc3)c2)C1=O. The summed E-state index contributed by atoms with van der Waals surface area (Å²) in [4.78, 5) is 27.3. The number of benzene rings is 3. The van der Waals surface area contributed by atoms with Crippen LogP contribution < -0.4 is 10.2 Å². The van der Waals surface area contributed by atoms with Crippen molar-refractivity contribution < 1.29 is 26.8 Å². The molecule has 2 heterocycles. The number of fused-ring (bicyclic) bond motifs is 1. The molecule has 1 saturated heterocycles. The summed E-state index contributed by atoms with van der Waals surface area (Å²) in [6, 6.07) is 17.7. The molecule has 36 heavy (non-hydrogen) atoms. The molecule has 2 amide bonds. The van der Waals surface area contributed by atoms with Crippen molar-refractivity contribution in [2.75, 3.05) is 11.4 Å². The third-order valence-corrected chi connectivity index (χ3v) is 7.87. The number of hydrogen-bond acceptors (Lipinski definition) is 4. The molecule has 0 spiro atoms. The van der Waals surface area contributed by atoms with Crippen LogP contribution in [-0.2, 0) is 26.2 Å². The van der Waals surface area contributed by atoms with Crippen molar-refractivity contribution in [3.8, 4) is 0 Å². The zero-order chi connectivity index (χ0) is 25.4. The Labute approximate surface area is 206 Å². The molecule has 1 N–H and O–H groups in total. The van der Waals surface area contributed by atoms with E-state index in [9.17, 15) is 26.8 Å². The lowest BCUT2D eigenvalue weighted by molar-refractivity contribution is -0.132. The first kappa shape index (κ1) is 23.7. The molecule has 1 aliphatic rings. The monoisotopic (exact) mass is 509 g/mol. The van der Waals surface area contributed by atoms with Gasteiger partial charge in [0.1, 0.15) is 17.6 Å². The predicted octanol–water partition coefficient (Wildman–Crippen LogP) is 3.83. The molecule has 7 nitrogen and oxygen atoms in total. The highest BCUT2D eigenvalue weighted by Gasteiger charge is 2.37. The van der Waals surface area contributed by atoms with Crippen LogP contribution in [0.5, 0.6) is 0 Å². The molecule has 0 aliphatic carbocycles. The third-order valence-electron chi connectivity index (χ3n) is 6.16. The van der Waals surface area contributed by atoms with E-state index in [1.165, 1.54) is 27.2 Å². The normalized spacial score (nSPS) is 16.0. The number of nitrogens with zero attached hydrogens (tertiary/aromatic N) is 2. The molecule has 1 atom stereocenters. The molecule has 1 aromatic heterocycles. The highest BCUT2D eigenvalue weighted by molar-refractivity contribution is 7.90. The van der Waals surface area contributed by atoms with E-state index in [1.807, 2.05) is 0 Å². The Hall–Kier alpha value is -4.05. The van der Waals surface area contributed by atoms with Crippen molar-refractivity contribution in [2.24, 2.45) is 5.92 Å². The second kappa shape index (κ2) is 9.19. The maximum atomic E-state index is 13.4. The first-order chi connectivity index (χ1) is 17.2. The van der Waals surface area contributed by atoms with E-state index in [1.54, 1.807) is 42.5 Å². The van der Waals surface area contributed by atoms with E-state index in [0.717, 1.165) is 18.2 Å². The molecule has 1 fully saturated rings. The van der Waals surface area contributed by atoms with Crippen molar-refractivity contribution in [2.45, 2.75) is 17.9 Å². The van der Waals surface area contributed by atoms with Crippen LogP contribution in [0.1, 0.15) is 12.0 Å². The number of nitrogens with one attached hydrogen (secondary N) is 1. The summed E-state index contributed by atoms with van der Waals surface area (Å²) >= 11 is 0. The van der Waals surface area contributed by atoms with Gasteiger partial charge in [0.25, 0.3) is 10.0 Å². The van der Waals surface area contributed by atoms with Crippen molar-refractivity contribution in [1.82, 2.24) is 9.29 Å². The average molecular weight is 510 g/mol. The van der Waals surface area contributed by atoms with Gasteiger partial charge in [0.2, 0.25) is 11.8 Å². The molecular formula is C26H21F2N3O4S. The van der Waals surface area contributed by atoms with Crippen LogP contribution in [0.2, 0.25) is 0 Å². The molecule has 5 rings (SSSR count). The van der Waals surface area contributed by atoms with Crippen LogP contribution in [0.25, 0.3) is 10.9 Å². The molecule has 0 saturated carbocycles. The van der Waals surface area contributed by atoms with Gasteiger partial charge in [0.15, 0.2) is 0 Å². The van der Waals surface area contributed by atoms with Crippen LogP contribution >= 0.6 is 0 Å². The molecular weight excluding hydrogens is 488 g/mol. The fraction of sp³-hybridized carbons (Fsp3) is 0.154. The number of amides is 2. The number of halogens is 2. The van der Waals surface area contributed by atoms with Crippen molar-refractivity contribution in [1.29, 1.82) is 0 Å². The summed E-state index contributed by atoms with van der Waals surface area (Å²) < 4.78 is 54.0.